The minimum Gasteiger partial charge on any atom is -0.465 e. The Morgan fingerprint density at radius 2 is 1.91 bits per heavy atom. The van der Waals surface area contributed by atoms with Crippen LogP contribution in [0.1, 0.15) is 21.5 Å². The molecule has 0 aliphatic carbocycles. The second kappa shape index (κ2) is 5.27. The average Bonchev–Trinajstić information content (AvgIpc) is 2.67. The monoisotopic (exact) mass is 337 g/mol. The minimum atomic E-state index is -4.86. The largest absolute Gasteiger partial charge is 0.465 e. The summed E-state index contributed by atoms with van der Waals surface area (Å²) in [5.41, 5.74) is -2.55. The number of fused-ring (bicyclic) bond motifs is 1. The maximum atomic E-state index is 13.1. The minimum absolute atomic E-state index is 0.153. The van der Waals surface area contributed by atoms with Crippen LogP contribution in [0.3, 0.4) is 0 Å². The number of hydrogen-bond acceptors (Lipinski definition) is 6. The summed E-state index contributed by atoms with van der Waals surface area (Å²) in [5.74, 6) is -1.87. The number of sulfone groups is 1. The molecule has 1 aromatic rings. The highest BCUT2D eigenvalue weighted by Gasteiger charge is 2.41. The predicted octanol–water partition coefficient (Wildman–Crippen LogP) is 1.63. The van der Waals surface area contributed by atoms with Gasteiger partial charge in [0.05, 0.1) is 23.1 Å². The topological polar surface area (TPSA) is 82.0 Å². The molecule has 0 spiro atoms. The Bertz CT molecular complexity index is 768. The third kappa shape index (κ3) is 2.65. The lowest BCUT2D eigenvalue weighted by atomic mass is 10.0. The maximum Gasteiger partial charge on any atom is 0.417 e. The van der Waals surface area contributed by atoms with Crippen molar-refractivity contribution in [3.8, 4) is 0 Å². The Kier molecular flexibility index (Phi) is 3.90. The van der Waals surface area contributed by atoms with Gasteiger partial charge in [-0.05, 0) is 12.1 Å². The van der Waals surface area contributed by atoms with Crippen molar-refractivity contribution < 1.29 is 36.0 Å². The van der Waals surface area contributed by atoms with Gasteiger partial charge in [-0.2, -0.15) is 13.2 Å². The molecule has 0 saturated heterocycles. The molecule has 0 aromatic heterocycles. The Hall–Kier alpha value is -2.10. The van der Waals surface area contributed by atoms with Crippen LogP contribution >= 0.6 is 0 Å². The van der Waals surface area contributed by atoms with E-state index in [1.54, 1.807) is 0 Å². The number of ether oxygens (including phenoxy) is 1. The van der Waals surface area contributed by atoms with Gasteiger partial charge >= 0.3 is 12.1 Å². The molecule has 0 N–H and O–H groups in total. The van der Waals surface area contributed by atoms with Gasteiger partial charge in [0, 0.05) is 5.56 Å². The van der Waals surface area contributed by atoms with Gasteiger partial charge < -0.3 is 9.57 Å². The zero-order chi connectivity index (χ0) is 16.7. The van der Waals surface area contributed by atoms with Crippen LogP contribution in [0.2, 0.25) is 0 Å². The summed E-state index contributed by atoms with van der Waals surface area (Å²) in [6.45, 7) is 0. The summed E-state index contributed by atoms with van der Waals surface area (Å²) in [7, 11) is -1.84. The summed E-state index contributed by atoms with van der Waals surface area (Å²) in [6, 6.07) is 1.24. The fourth-order valence-corrected chi connectivity index (χ4v) is 3.63. The molecule has 120 valence electrons. The zero-order valence-corrected chi connectivity index (χ0v) is 12.2. The van der Waals surface area contributed by atoms with Crippen LogP contribution in [0.5, 0.6) is 0 Å². The molecule has 0 fully saturated rings. The van der Waals surface area contributed by atoms with Gasteiger partial charge in [0.1, 0.15) is 18.6 Å². The van der Waals surface area contributed by atoms with Gasteiger partial charge in [-0.15, -0.1) is 0 Å². The van der Waals surface area contributed by atoms with Crippen molar-refractivity contribution in [1.29, 1.82) is 0 Å². The first-order valence-corrected chi connectivity index (χ1v) is 7.43. The fourth-order valence-electron chi connectivity index (χ4n) is 2.10. The molecule has 0 bridgehead atoms. The fraction of sp³-hybridized carbons (Fsp3) is 0.333. The number of methoxy groups -OCH3 is 1. The molecule has 0 radical (unpaired) electrons. The third-order valence-corrected chi connectivity index (χ3v) is 4.67. The lowest BCUT2D eigenvalue weighted by Crippen LogP contribution is -2.16. The van der Waals surface area contributed by atoms with Crippen molar-refractivity contribution in [3.63, 3.8) is 0 Å². The van der Waals surface area contributed by atoms with Gasteiger partial charge in [-0.25, -0.2) is 13.2 Å². The van der Waals surface area contributed by atoms with E-state index >= 15 is 0 Å². The molecule has 6 nitrogen and oxygen atoms in total. The molecule has 2 rings (SSSR count). The summed E-state index contributed by atoms with van der Waals surface area (Å²) in [5, 5.41) is 3.43. The van der Waals surface area contributed by atoms with Crippen molar-refractivity contribution in [1.82, 2.24) is 0 Å². The molecule has 0 unspecified atom stereocenters. The van der Waals surface area contributed by atoms with E-state index in [0.29, 0.717) is 12.1 Å². The van der Waals surface area contributed by atoms with Gasteiger partial charge in [-0.3, -0.25) is 0 Å². The van der Waals surface area contributed by atoms with E-state index in [1.807, 2.05) is 0 Å². The standard InChI is InChI=1S/C12H10F3NO5S/c1-20-11(17)6-4-10-7(3-8(6)12(13,14)15)9(16-21-2)5-22(10,18)19/h3-4H,5H2,1-2H3. The number of halogens is 3. The number of carbonyl (C=O) groups is 1. The summed E-state index contributed by atoms with van der Waals surface area (Å²) in [4.78, 5) is 15.6. The van der Waals surface area contributed by atoms with E-state index in [0.717, 1.165) is 14.2 Å². The number of rotatable bonds is 2. The van der Waals surface area contributed by atoms with E-state index in [4.69, 9.17) is 0 Å². The molecular formula is C12H10F3NO5S. The van der Waals surface area contributed by atoms with E-state index in [9.17, 15) is 26.4 Å². The Morgan fingerprint density at radius 3 is 2.41 bits per heavy atom. The van der Waals surface area contributed by atoms with Crippen LogP contribution in [0, 0.1) is 0 Å². The summed E-state index contributed by atoms with van der Waals surface area (Å²) >= 11 is 0. The molecule has 1 aliphatic heterocycles. The van der Waals surface area contributed by atoms with Gasteiger partial charge in [0.25, 0.3) is 0 Å². The lowest BCUT2D eigenvalue weighted by Gasteiger charge is -2.13. The number of esters is 1. The highest BCUT2D eigenvalue weighted by atomic mass is 32.2. The second-order valence-electron chi connectivity index (χ2n) is 4.36. The molecule has 1 aromatic carbocycles. The van der Waals surface area contributed by atoms with Gasteiger partial charge in [0.2, 0.25) is 0 Å². The van der Waals surface area contributed by atoms with Crippen LogP contribution in [-0.2, 0) is 25.6 Å². The number of hydrogen-bond donors (Lipinski definition) is 0. The van der Waals surface area contributed by atoms with Crippen LogP contribution in [-0.4, -0.2) is 40.1 Å². The lowest BCUT2D eigenvalue weighted by molar-refractivity contribution is -0.138. The first-order valence-electron chi connectivity index (χ1n) is 5.78. The Labute approximate surface area is 123 Å². The van der Waals surface area contributed by atoms with Crippen molar-refractivity contribution in [2.75, 3.05) is 20.0 Å². The number of benzene rings is 1. The molecule has 0 saturated carbocycles. The van der Waals surface area contributed by atoms with Crippen molar-refractivity contribution in [3.05, 3.63) is 28.8 Å². The van der Waals surface area contributed by atoms with E-state index in [2.05, 4.69) is 14.7 Å². The number of oxime groups is 1. The number of carbonyl (C=O) groups excluding carboxylic acids is 1. The zero-order valence-electron chi connectivity index (χ0n) is 11.4. The first kappa shape index (κ1) is 16.3. The number of nitrogens with zero attached hydrogens (tertiary/aromatic N) is 1. The first-order chi connectivity index (χ1) is 10.1. The van der Waals surface area contributed by atoms with Crippen LogP contribution in [0.15, 0.2) is 22.2 Å². The molecule has 10 heteroatoms. The number of alkyl halides is 3. The van der Waals surface area contributed by atoms with Crippen molar-refractivity contribution in [2.24, 2.45) is 5.16 Å². The maximum absolute atomic E-state index is 13.1. The molecule has 0 atom stereocenters. The van der Waals surface area contributed by atoms with E-state index < -0.39 is 43.8 Å². The van der Waals surface area contributed by atoms with Crippen LogP contribution < -0.4 is 0 Å². The van der Waals surface area contributed by atoms with Crippen LogP contribution in [0.25, 0.3) is 0 Å². The Morgan fingerprint density at radius 1 is 1.27 bits per heavy atom. The normalized spacial score (nSPS) is 18.1. The highest BCUT2D eigenvalue weighted by Crippen LogP contribution is 2.37. The quantitative estimate of drug-likeness (QED) is 0.605. The Balaban J connectivity index is 2.82. The molecule has 1 aliphatic rings. The SMILES string of the molecule is CON=C1CS(=O)(=O)c2cc(C(=O)OC)c(C(F)(F)F)cc21. The predicted molar refractivity (Wildman–Crippen MR) is 68.4 cm³/mol. The van der Waals surface area contributed by atoms with Crippen molar-refractivity contribution >= 4 is 21.5 Å². The van der Waals surface area contributed by atoms with E-state index in [-0.39, 0.29) is 11.3 Å². The van der Waals surface area contributed by atoms with Crippen LogP contribution in [0.4, 0.5) is 13.2 Å². The molecule has 0 amide bonds. The van der Waals surface area contributed by atoms with Gasteiger partial charge in [0.15, 0.2) is 9.84 Å². The smallest absolute Gasteiger partial charge is 0.417 e. The third-order valence-electron chi connectivity index (χ3n) is 3.00. The summed E-state index contributed by atoms with van der Waals surface area (Å²) in [6.07, 6.45) is -4.86. The molecule has 1 heterocycles. The van der Waals surface area contributed by atoms with Gasteiger partial charge in [-0.1, -0.05) is 5.16 Å². The molecule has 22 heavy (non-hydrogen) atoms. The van der Waals surface area contributed by atoms with E-state index in [1.165, 1.54) is 0 Å². The van der Waals surface area contributed by atoms with Crippen molar-refractivity contribution in [2.45, 2.75) is 11.1 Å². The highest BCUT2D eigenvalue weighted by molar-refractivity contribution is 7.92. The summed E-state index contributed by atoms with van der Waals surface area (Å²) < 4.78 is 67.5. The average molecular weight is 337 g/mol. The second-order valence-corrected chi connectivity index (χ2v) is 6.32. The molecular weight excluding hydrogens is 327 g/mol.